The van der Waals surface area contributed by atoms with E-state index in [2.05, 4.69) is 25.9 Å². The molecule has 0 unspecified atom stereocenters. The van der Waals surface area contributed by atoms with Gasteiger partial charge in [0.2, 0.25) is 0 Å². The van der Waals surface area contributed by atoms with Crippen molar-refractivity contribution in [1.29, 1.82) is 0 Å². The largest absolute Gasteiger partial charge is 0.476 e. The number of halogens is 5. The molecular formula is C12H5BrClF3N2O2. The van der Waals surface area contributed by atoms with Crippen LogP contribution in [0, 0.1) is 0 Å². The highest BCUT2D eigenvalue weighted by Gasteiger charge is 2.39. The van der Waals surface area contributed by atoms with Gasteiger partial charge in [0.25, 0.3) is 0 Å². The number of hydrogen-bond acceptors (Lipinski definition) is 3. The molecule has 2 aromatic rings. The average molecular weight is 382 g/mol. The number of carbonyl (C=O) groups is 1. The second kappa shape index (κ2) is 5.61. The molecule has 0 radical (unpaired) electrons. The Labute approximate surface area is 129 Å². The van der Waals surface area contributed by atoms with Gasteiger partial charge in [-0.2, -0.15) is 13.2 Å². The van der Waals surface area contributed by atoms with Gasteiger partial charge in [-0.25, -0.2) is 14.8 Å². The fourth-order valence-corrected chi connectivity index (χ4v) is 2.27. The van der Waals surface area contributed by atoms with Crippen LogP contribution in [0.2, 0.25) is 5.02 Å². The molecule has 1 aromatic heterocycles. The maximum atomic E-state index is 12.8. The molecule has 1 heterocycles. The molecule has 0 fully saturated rings. The third-order valence-corrected chi connectivity index (χ3v) is 3.21. The van der Waals surface area contributed by atoms with E-state index in [1.165, 1.54) is 12.1 Å². The van der Waals surface area contributed by atoms with E-state index >= 15 is 0 Å². The normalized spacial score (nSPS) is 11.5. The van der Waals surface area contributed by atoms with Gasteiger partial charge >= 0.3 is 12.1 Å². The zero-order chi connectivity index (χ0) is 15.8. The van der Waals surface area contributed by atoms with Gasteiger partial charge < -0.3 is 5.11 Å². The fraction of sp³-hybridized carbons (Fsp3) is 0.0833. The summed E-state index contributed by atoms with van der Waals surface area (Å²) in [7, 11) is 0. The molecule has 0 aliphatic carbocycles. The van der Waals surface area contributed by atoms with E-state index in [1.54, 1.807) is 12.1 Å². The average Bonchev–Trinajstić information content (AvgIpc) is 2.36. The number of hydrogen-bond donors (Lipinski definition) is 1. The van der Waals surface area contributed by atoms with Crippen molar-refractivity contribution < 1.29 is 23.1 Å². The second-order valence-corrected chi connectivity index (χ2v) is 5.06. The summed E-state index contributed by atoms with van der Waals surface area (Å²) in [5.74, 6) is -1.81. The van der Waals surface area contributed by atoms with Crippen LogP contribution in [0.5, 0.6) is 0 Å². The minimum absolute atomic E-state index is 0.0390. The van der Waals surface area contributed by atoms with E-state index in [0.717, 1.165) is 0 Å². The predicted molar refractivity (Wildman–Crippen MR) is 72.1 cm³/mol. The Balaban J connectivity index is 2.70. The molecule has 1 N–H and O–H groups in total. The number of carboxylic acid groups (broad SMARTS) is 1. The van der Waals surface area contributed by atoms with E-state index < -0.39 is 23.5 Å². The fourth-order valence-electron chi connectivity index (χ4n) is 1.58. The van der Waals surface area contributed by atoms with Crippen molar-refractivity contribution in [2.24, 2.45) is 0 Å². The molecule has 0 atom stereocenters. The molecule has 21 heavy (non-hydrogen) atoms. The first-order valence-electron chi connectivity index (χ1n) is 5.34. The van der Waals surface area contributed by atoms with Crippen molar-refractivity contribution in [2.75, 3.05) is 0 Å². The Morgan fingerprint density at radius 2 is 1.95 bits per heavy atom. The van der Waals surface area contributed by atoms with Crippen molar-refractivity contribution in [3.8, 4) is 11.3 Å². The van der Waals surface area contributed by atoms with Crippen molar-refractivity contribution in [1.82, 2.24) is 9.97 Å². The van der Waals surface area contributed by atoms with Crippen LogP contribution in [0.4, 0.5) is 13.2 Å². The minimum Gasteiger partial charge on any atom is -0.476 e. The minimum atomic E-state index is -4.92. The Kier molecular flexibility index (Phi) is 4.20. The highest BCUT2D eigenvalue weighted by molar-refractivity contribution is 9.10. The lowest BCUT2D eigenvalue weighted by Gasteiger charge is -2.12. The SMILES string of the molecule is O=C(O)c1nc(-c2cccc(Cl)c2)c(Br)nc1C(F)(F)F. The van der Waals surface area contributed by atoms with E-state index in [9.17, 15) is 18.0 Å². The number of aromatic nitrogens is 2. The molecule has 0 saturated heterocycles. The maximum Gasteiger partial charge on any atom is 0.435 e. The van der Waals surface area contributed by atoms with Crippen LogP contribution >= 0.6 is 27.5 Å². The van der Waals surface area contributed by atoms with Gasteiger partial charge in [0, 0.05) is 10.6 Å². The molecule has 4 nitrogen and oxygen atoms in total. The van der Waals surface area contributed by atoms with Gasteiger partial charge in [-0.05, 0) is 28.1 Å². The van der Waals surface area contributed by atoms with E-state index in [4.69, 9.17) is 16.7 Å². The standard InChI is InChI=1S/C12H5BrClF3N2O2/c13-10-7(5-2-1-3-6(14)4-5)18-8(11(20)21)9(19-10)12(15,16)17/h1-4H,(H,20,21). The first-order chi connectivity index (χ1) is 9.70. The van der Waals surface area contributed by atoms with Crippen LogP contribution in [0.1, 0.15) is 16.2 Å². The number of benzene rings is 1. The number of rotatable bonds is 2. The molecule has 9 heteroatoms. The van der Waals surface area contributed by atoms with Gasteiger partial charge in [-0.3, -0.25) is 0 Å². The monoisotopic (exact) mass is 380 g/mol. The maximum absolute atomic E-state index is 12.8. The number of carboxylic acids is 1. The van der Waals surface area contributed by atoms with Crippen LogP contribution in [0.25, 0.3) is 11.3 Å². The zero-order valence-electron chi connectivity index (χ0n) is 9.95. The van der Waals surface area contributed by atoms with Gasteiger partial charge in [0.05, 0.1) is 0 Å². The lowest BCUT2D eigenvalue weighted by Crippen LogP contribution is -2.18. The summed E-state index contributed by atoms with van der Waals surface area (Å²) in [5.41, 5.74) is -2.42. The molecule has 2 rings (SSSR count). The summed E-state index contributed by atoms with van der Waals surface area (Å²) < 4.78 is 38.1. The third-order valence-electron chi connectivity index (χ3n) is 2.42. The summed E-state index contributed by atoms with van der Waals surface area (Å²) >= 11 is 8.67. The molecule has 0 aliphatic heterocycles. The lowest BCUT2D eigenvalue weighted by atomic mass is 10.1. The zero-order valence-corrected chi connectivity index (χ0v) is 12.3. The van der Waals surface area contributed by atoms with E-state index in [0.29, 0.717) is 10.6 Å². The molecule has 110 valence electrons. The topological polar surface area (TPSA) is 63.1 Å². The van der Waals surface area contributed by atoms with E-state index in [1.807, 2.05) is 0 Å². The summed E-state index contributed by atoms with van der Waals surface area (Å²) in [6, 6.07) is 6.09. The molecular weight excluding hydrogens is 376 g/mol. The first-order valence-corrected chi connectivity index (χ1v) is 6.51. The Bertz CT molecular complexity index is 722. The van der Waals surface area contributed by atoms with Crippen molar-refractivity contribution in [2.45, 2.75) is 6.18 Å². The number of aromatic carboxylic acids is 1. The van der Waals surface area contributed by atoms with Gasteiger partial charge in [-0.1, -0.05) is 23.7 Å². The lowest BCUT2D eigenvalue weighted by molar-refractivity contribution is -0.142. The van der Waals surface area contributed by atoms with Crippen LogP contribution in [0.3, 0.4) is 0 Å². The van der Waals surface area contributed by atoms with Crippen molar-refractivity contribution in [3.63, 3.8) is 0 Å². The molecule has 0 spiro atoms. The van der Waals surface area contributed by atoms with Gasteiger partial charge in [0.1, 0.15) is 10.3 Å². The Morgan fingerprint density at radius 1 is 1.29 bits per heavy atom. The number of alkyl halides is 3. The van der Waals surface area contributed by atoms with Crippen LogP contribution in [0.15, 0.2) is 28.9 Å². The first kappa shape index (κ1) is 15.7. The highest BCUT2D eigenvalue weighted by Crippen LogP contribution is 2.34. The predicted octanol–water partition coefficient (Wildman–Crippen LogP) is 4.28. The summed E-state index contributed by atoms with van der Waals surface area (Å²) in [6.07, 6.45) is -4.92. The van der Waals surface area contributed by atoms with Gasteiger partial charge in [-0.15, -0.1) is 0 Å². The Hall–Kier alpha value is -1.67. The summed E-state index contributed by atoms with van der Waals surface area (Å²) in [5, 5.41) is 9.23. The highest BCUT2D eigenvalue weighted by atomic mass is 79.9. The van der Waals surface area contributed by atoms with Crippen LogP contribution in [-0.2, 0) is 6.18 Å². The molecule has 0 saturated carbocycles. The second-order valence-electron chi connectivity index (χ2n) is 3.87. The van der Waals surface area contributed by atoms with Crippen molar-refractivity contribution >= 4 is 33.5 Å². The molecule has 1 aromatic carbocycles. The van der Waals surface area contributed by atoms with Gasteiger partial charge in [0.15, 0.2) is 11.4 Å². The van der Waals surface area contributed by atoms with E-state index in [-0.39, 0.29) is 10.3 Å². The number of nitrogens with zero attached hydrogens (tertiary/aromatic N) is 2. The molecule has 0 bridgehead atoms. The van der Waals surface area contributed by atoms with Crippen LogP contribution in [-0.4, -0.2) is 21.0 Å². The smallest absolute Gasteiger partial charge is 0.435 e. The Morgan fingerprint density at radius 3 is 2.48 bits per heavy atom. The summed E-state index contributed by atoms with van der Waals surface area (Å²) in [6.45, 7) is 0. The van der Waals surface area contributed by atoms with Crippen LogP contribution < -0.4 is 0 Å². The molecule has 0 aliphatic rings. The summed E-state index contributed by atoms with van der Waals surface area (Å²) in [4.78, 5) is 17.8. The quantitative estimate of drug-likeness (QED) is 0.843. The van der Waals surface area contributed by atoms with Crippen molar-refractivity contribution in [3.05, 3.63) is 45.3 Å². The molecule has 0 amide bonds. The third kappa shape index (κ3) is 3.33.